The number of thioether (sulfide) groups is 1. The molecule has 0 aliphatic carbocycles. The van der Waals surface area contributed by atoms with Crippen LogP contribution in [0.3, 0.4) is 0 Å². The van der Waals surface area contributed by atoms with Crippen LogP contribution in [0.2, 0.25) is 0 Å². The maximum Gasteiger partial charge on any atom is 0.234 e. The van der Waals surface area contributed by atoms with Gasteiger partial charge in [-0.1, -0.05) is 13.0 Å². The lowest BCUT2D eigenvalue weighted by atomic mass is 10.2. The molecule has 0 fully saturated rings. The number of aryl methyl sites for hydroxylation is 1. The van der Waals surface area contributed by atoms with E-state index in [1.54, 1.807) is 13.0 Å². The number of rotatable bonds is 5. The number of aliphatic hydroxyl groups excluding tert-OH is 1. The number of nitrogens with two attached hydrogens (primary N) is 1. The lowest BCUT2D eigenvalue weighted by Crippen LogP contribution is -2.21. The topological polar surface area (TPSA) is 75.3 Å². The van der Waals surface area contributed by atoms with Crippen LogP contribution in [0.4, 0.5) is 11.4 Å². The lowest BCUT2D eigenvalue weighted by molar-refractivity contribution is -0.113. The maximum atomic E-state index is 11.7. The van der Waals surface area contributed by atoms with Crippen molar-refractivity contribution in [3.63, 3.8) is 0 Å². The van der Waals surface area contributed by atoms with Crippen molar-refractivity contribution in [3.8, 4) is 0 Å². The first-order valence-corrected chi connectivity index (χ1v) is 6.90. The quantitative estimate of drug-likeness (QED) is 0.714. The van der Waals surface area contributed by atoms with Gasteiger partial charge in [-0.05, 0) is 31.5 Å². The standard InChI is InChI=1S/C13H20N2O2S/c1-8-4-5-12(11(14)6-8)15-13(17)7-18-10(3)9(2)16/h4-6,9-10,16H,7,14H2,1-3H3,(H,15,17). The molecule has 0 heterocycles. The molecule has 100 valence electrons. The Bertz CT molecular complexity index is 421. The van der Waals surface area contributed by atoms with E-state index in [4.69, 9.17) is 5.73 Å². The van der Waals surface area contributed by atoms with Gasteiger partial charge in [0.2, 0.25) is 5.91 Å². The Balaban J connectivity index is 2.50. The van der Waals surface area contributed by atoms with E-state index < -0.39 is 6.10 Å². The average Bonchev–Trinajstić information content (AvgIpc) is 2.29. The van der Waals surface area contributed by atoms with Gasteiger partial charge < -0.3 is 16.2 Å². The number of nitrogen functional groups attached to an aromatic ring is 1. The molecule has 0 aromatic heterocycles. The van der Waals surface area contributed by atoms with Gasteiger partial charge in [-0.25, -0.2) is 0 Å². The molecule has 1 aromatic rings. The molecule has 1 rings (SSSR count). The first-order valence-electron chi connectivity index (χ1n) is 5.85. The Labute approximate surface area is 112 Å². The minimum absolute atomic E-state index is 0.0334. The zero-order valence-corrected chi connectivity index (χ0v) is 11.8. The molecule has 0 saturated heterocycles. The van der Waals surface area contributed by atoms with E-state index >= 15 is 0 Å². The Morgan fingerprint density at radius 1 is 1.50 bits per heavy atom. The number of carbonyl (C=O) groups is 1. The Morgan fingerprint density at radius 3 is 2.72 bits per heavy atom. The molecular weight excluding hydrogens is 248 g/mol. The van der Waals surface area contributed by atoms with Crippen LogP contribution in [0.5, 0.6) is 0 Å². The van der Waals surface area contributed by atoms with Crippen LogP contribution >= 0.6 is 11.8 Å². The van der Waals surface area contributed by atoms with E-state index in [1.165, 1.54) is 11.8 Å². The van der Waals surface area contributed by atoms with Gasteiger partial charge >= 0.3 is 0 Å². The maximum absolute atomic E-state index is 11.7. The minimum atomic E-state index is -0.424. The van der Waals surface area contributed by atoms with Crippen molar-refractivity contribution in [3.05, 3.63) is 23.8 Å². The number of amides is 1. The fourth-order valence-electron chi connectivity index (χ4n) is 1.33. The van der Waals surface area contributed by atoms with Gasteiger partial charge in [0.1, 0.15) is 0 Å². The van der Waals surface area contributed by atoms with Crippen LogP contribution in [0.1, 0.15) is 19.4 Å². The molecule has 4 nitrogen and oxygen atoms in total. The number of aliphatic hydroxyl groups is 1. The van der Waals surface area contributed by atoms with Gasteiger partial charge in [0.15, 0.2) is 0 Å². The van der Waals surface area contributed by atoms with Crippen LogP contribution in [-0.2, 0) is 4.79 Å². The third-order valence-electron chi connectivity index (χ3n) is 2.64. The highest BCUT2D eigenvalue weighted by molar-refractivity contribution is 8.00. The van der Waals surface area contributed by atoms with Crippen molar-refractivity contribution in [1.82, 2.24) is 0 Å². The predicted molar refractivity (Wildman–Crippen MR) is 77.8 cm³/mol. The van der Waals surface area contributed by atoms with Crippen molar-refractivity contribution in [2.24, 2.45) is 0 Å². The molecule has 1 aromatic carbocycles. The fraction of sp³-hybridized carbons (Fsp3) is 0.462. The first-order chi connectivity index (χ1) is 8.40. The molecular formula is C13H20N2O2S. The third kappa shape index (κ3) is 4.58. The number of carbonyl (C=O) groups excluding carboxylic acids is 1. The lowest BCUT2D eigenvalue weighted by Gasteiger charge is -2.14. The van der Waals surface area contributed by atoms with E-state index in [9.17, 15) is 9.90 Å². The Kier molecular flexibility index (Phi) is 5.50. The van der Waals surface area contributed by atoms with Gasteiger partial charge in [0.05, 0.1) is 23.2 Å². The summed E-state index contributed by atoms with van der Waals surface area (Å²) in [6.45, 7) is 5.55. The van der Waals surface area contributed by atoms with Crippen molar-refractivity contribution in [2.45, 2.75) is 32.1 Å². The van der Waals surface area contributed by atoms with Gasteiger partial charge in [0.25, 0.3) is 0 Å². The molecule has 0 aliphatic rings. The summed E-state index contributed by atoms with van der Waals surface area (Å²) in [6.07, 6.45) is -0.424. The normalized spacial score (nSPS) is 14.0. The molecule has 0 bridgehead atoms. The summed E-state index contributed by atoms with van der Waals surface area (Å²) in [5.74, 6) is 0.197. The molecule has 0 aliphatic heterocycles. The summed E-state index contributed by atoms with van der Waals surface area (Å²) < 4.78 is 0. The van der Waals surface area contributed by atoms with Crippen molar-refractivity contribution < 1.29 is 9.90 Å². The molecule has 1 amide bonds. The van der Waals surface area contributed by atoms with Gasteiger partial charge in [-0.15, -0.1) is 11.8 Å². The highest BCUT2D eigenvalue weighted by atomic mass is 32.2. The molecule has 5 heteroatoms. The summed E-state index contributed by atoms with van der Waals surface area (Å²) in [5, 5.41) is 12.1. The summed E-state index contributed by atoms with van der Waals surface area (Å²) in [5.41, 5.74) is 8.07. The Hall–Kier alpha value is -1.20. The second-order valence-electron chi connectivity index (χ2n) is 4.40. The van der Waals surface area contributed by atoms with Crippen LogP contribution in [0.15, 0.2) is 18.2 Å². The zero-order valence-electron chi connectivity index (χ0n) is 10.9. The fourth-order valence-corrected chi connectivity index (χ4v) is 2.09. The minimum Gasteiger partial charge on any atom is -0.397 e. The Morgan fingerprint density at radius 2 is 2.17 bits per heavy atom. The van der Waals surface area contributed by atoms with E-state index in [2.05, 4.69) is 5.32 Å². The van der Waals surface area contributed by atoms with Gasteiger partial charge in [-0.3, -0.25) is 4.79 Å². The van der Waals surface area contributed by atoms with Gasteiger partial charge in [-0.2, -0.15) is 0 Å². The smallest absolute Gasteiger partial charge is 0.234 e. The van der Waals surface area contributed by atoms with Gasteiger partial charge in [0, 0.05) is 5.25 Å². The number of anilines is 2. The van der Waals surface area contributed by atoms with Crippen molar-refractivity contribution in [2.75, 3.05) is 16.8 Å². The zero-order chi connectivity index (χ0) is 13.7. The molecule has 0 radical (unpaired) electrons. The highest BCUT2D eigenvalue weighted by Gasteiger charge is 2.12. The van der Waals surface area contributed by atoms with E-state index in [1.807, 2.05) is 26.0 Å². The molecule has 0 spiro atoms. The SMILES string of the molecule is Cc1ccc(NC(=O)CSC(C)C(C)O)c(N)c1. The molecule has 18 heavy (non-hydrogen) atoms. The van der Waals surface area contributed by atoms with E-state index in [0.717, 1.165) is 5.56 Å². The third-order valence-corrected chi connectivity index (χ3v) is 3.99. The summed E-state index contributed by atoms with van der Waals surface area (Å²) >= 11 is 1.42. The van der Waals surface area contributed by atoms with Crippen molar-refractivity contribution in [1.29, 1.82) is 0 Å². The largest absolute Gasteiger partial charge is 0.397 e. The van der Waals surface area contributed by atoms with Crippen LogP contribution < -0.4 is 11.1 Å². The second kappa shape index (κ2) is 6.66. The molecule has 4 N–H and O–H groups in total. The summed E-state index contributed by atoms with van der Waals surface area (Å²) in [4.78, 5) is 11.7. The number of hydrogen-bond acceptors (Lipinski definition) is 4. The van der Waals surface area contributed by atoms with Crippen LogP contribution in [-0.4, -0.2) is 28.1 Å². The number of hydrogen-bond donors (Lipinski definition) is 3. The van der Waals surface area contributed by atoms with Crippen molar-refractivity contribution >= 4 is 29.0 Å². The van der Waals surface area contributed by atoms with Crippen LogP contribution in [0, 0.1) is 6.92 Å². The van der Waals surface area contributed by atoms with Crippen LogP contribution in [0.25, 0.3) is 0 Å². The van der Waals surface area contributed by atoms with E-state index in [-0.39, 0.29) is 11.2 Å². The molecule has 2 unspecified atom stereocenters. The number of benzene rings is 1. The van der Waals surface area contributed by atoms with E-state index in [0.29, 0.717) is 17.1 Å². The summed E-state index contributed by atoms with van der Waals surface area (Å²) in [6, 6.07) is 5.52. The first kappa shape index (κ1) is 14.9. The average molecular weight is 268 g/mol. The summed E-state index contributed by atoms with van der Waals surface area (Å²) in [7, 11) is 0. The second-order valence-corrected chi connectivity index (χ2v) is 5.76. The highest BCUT2D eigenvalue weighted by Crippen LogP contribution is 2.20. The molecule has 2 atom stereocenters. The number of nitrogens with one attached hydrogen (secondary N) is 1. The molecule has 0 saturated carbocycles. The monoisotopic (exact) mass is 268 g/mol. The predicted octanol–water partition coefficient (Wildman–Crippen LogP) is 2.02.